The fourth-order valence-electron chi connectivity index (χ4n) is 2.18. The van der Waals surface area contributed by atoms with Gasteiger partial charge in [0.1, 0.15) is 5.78 Å². The van der Waals surface area contributed by atoms with E-state index in [0.29, 0.717) is 25.2 Å². The first-order valence-electron chi connectivity index (χ1n) is 6.55. The van der Waals surface area contributed by atoms with E-state index in [2.05, 4.69) is 11.8 Å². The Morgan fingerprint density at radius 3 is 2.33 bits per heavy atom. The Morgan fingerprint density at radius 1 is 1.17 bits per heavy atom. The number of aryl methyl sites for hydroxylation is 1. The number of Topliss-reactive ketones (excluding diaryl/α,β-unsaturated/α-hetero) is 2. The average Bonchev–Trinajstić information content (AvgIpc) is 2.41. The van der Waals surface area contributed by atoms with Crippen LogP contribution in [0.4, 0.5) is 0 Å². The molecular weight excluding hydrogens is 226 g/mol. The number of piperidine rings is 1. The van der Waals surface area contributed by atoms with Gasteiger partial charge in [0.15, 0.2) is 5.78 Å². The van der Waals surface area contributed by atoms with Gasteiger partial charge in [-0.1, -0.05) is 31.2 Å². The first-order valence-corrected chi connectivity index (χ1v) is 6.55. The fourth-order valence-corrected chi connectivity index (χ4v) is 2.18. The Kier molecular flexibility index (Phi) is 4.26. The Morgan fingerprint density at radius 2 is 1.78 bits per heavy atom. The van der Waals surface area contributed by atoms with E-state index in [1.165, 1.54) is 5.56 Å². The highest BCUT2D eigenvalue weighted by Gasteiger charge is 2.18. The van der Waals surface area contributed by atoms with Gasteiger partial charge < -0.3 is 0 Å². The van der Waals surface area contributed by atoms with Crippen molar-refractivity contribution in [2.24, 2.45) is 0 Å². The predicted molar refractivity (Wildman–Crippen MR) is 70.8 cm³/mol. The summed E-state index contributed by atoms with van der Waals surface area (Å²) in [6.07, 6.45) is 2.16. The summed E-state index contributed by atoms with van der Waals surface area (Å²) in [5.74, 6) is 0.456. The standard InChI is InChI=1S/C15H19NO2/c1-2-12-3-5-13(6-4-12)15(18)11-16-9-7-14(17)8-10-16/h3-6H,2,7-11H2,1H3. The van der Waals surface area contributed by atoms with Gasteiger partial charge in [0.25, 0.3) is 0 Å². The van der Waals surface area contributed by atoms with Crippen molar-refractivity contribution >= 4 is 11.6 Å². The normalized spacial score (nSPS) is 16.8. The van der Waals surface area contributed by atoms with Crippen molar-refractivity contribution in [3.63, 3.8) is 0 Å². The third-order valence-corrected chi connectivity index (χ3v) is 3.47. The van der Waals surface area contributed by atoms with E-state index in [0.717, 1.165) is 25.1 Å². The number of hydrogen-bond acceptors (Lipinski definition) is 3. The van der Waals surface area contributed by atoms with Gasteiger partial charge in [-0.15, -0.1) is 0 Å². The van der Waals surface area contributed by atoms with Crippen molar-refractivity contribution in [3.05, 3.63) is 35.4 Å². The van der Waals surface area contributed by atoms with Crippen LogP contribution < -0.4 is 0 Å². The van der Waals surface area contributed by atoms with Crippen molar-refractivity contribution in [1.29, 1.82) is 0 Å². The zero-order valence-electron chi connectivity index (χ0n) is 10.8. The molecule has 18 heavy (non-hydrogen) atoms. The molecule has 1 aliphatic heterocycles. The minimum Gasteiger partial charge on any atom is -0.300 e. The summed E-state index contributed by atoms with van der Waals surface area (Å²) in [5.41, 5.74) is 2.01. The number of rotatable bonds is 4. The van der Waals surface area contributed by atoms with E-state index >= 15 is 0 Å². The molecule has 0 radical (unpaired) electrons. The van der Waals surface area contributed by atoms with Crippen molar-refractivity contribution in [2.75, 3.05) is 19.6 Å². The lowest BCUT2D eigenvalue weighted by atomic mass is 10.0. The third kappa shape index (κ3) is 3.26. The highest BCUT2D eigenvalue weighted by atomic mass is 16.1. The summed E-state index contributed by atoms with van der Waals surface area (Å²) in [4.78, 5) is 25.3. The summed E-state index contributed by atoms with van der Waals surface area (Å²) >= 11 is 0. The lowest BCUT2D eigenvalue weighted by Gasteiger charge is -2.24. The summed E-state index contributed by atoms with van der Waals surface area (Å²) in [5, 5.41) is 0. The van der Waals surface area contributed by atoms with Crippen LogP contribution in [0.5, 0.6) is 0 Å². The number of likely N-dealkylation sites (tertiary alicyclic amines) is 1. The Labute approximate surface area is 108 Å². The number of hydrogen-bond donors (Lipinski definition) is 0. The molecule has 96 valence electrons. The largest absolute Gasteiger partial charge is 0.300 e. The maximum Gasteiger partial charge on any atom is 0.176 e. The van der Waals surface area contributed by atoms with Gasteiger partial charge in [0, 0.05) is 31.5 Å². The zero-order chi connectivity index (χ0) is 13.0. The van der Waals surface area contributed by atoms with Crippen LogP contribution in [0.15, 0.2) is 24.3 Å². The molecule has 1 fully saturated rings. The molecule has 0 saturated carbocycles. The number of benzene rings is 1. The van der Waals surface area contributed by atoms with E-state index in [1.54, 1.807) is 0 Å². The van der Waals surface area contributed by atoms with Crippen LogP contribution in [0.3, 0.4) is 0 Å². The molecule has 2 rings (SSSR count). The summed E-state index contributed by atoms with van der Waals surface area (Å²) < 4.78 is 0. The summed E-state index contributed by atoms with van der Waals surface area (Å²) in [6.45, 7) is 3.97. The van der Waals surface area contributed by atoms with Gasteiger partial charge in [-0.25, -0.2) is 0 Å². The molecule has 1 aliphatic rings. The first-order chi connectivity index (χ1) is 8.69. The second kappa shape index (κ2) is 5.91. The number of carbonyl (C=O) groups is 2. The molecule has 1 heterocycles. The van der Waals surface area contributed by atoms with Crippen LogP contribution in [0, 0.1) is 0 Å². The van der Waals surface area contributed by atoms with Crippen molar-refractivity contribution in [1.82, 2.24) is 4.90 Å². The van der Waals surface area contributed by atoms with Crippen LogP contribution in [-0.4, -0.2) is 36.1 Å². The lowest BCUT2D eigenvalue weighted by Crippen LogP contribution is -2.37. The molecule has 1 aromatic carbocycles. The molecule has 0 atom stereocenters. The molecule has 0 spiro atoms. The zero-order valence-corrected chi connectivity index (χ0v) is 10.8. The van der Waals surface area contributed by atoms with E-state index in [9.17, 15) is 9.59 Å². The van der Waals surface area contributed by atoms with Crippen LogP contribution >= 0.6 is 0 Å². The molecule has 0 aromatic heterocycles. The van der Waals surface area contributed by atoms with Crippen LogP contribution in [0.1, 0.15) is 35.7 Å². The Bertz CT molecular complexity index is 426. The average molecular weight is 245 g/mol. The number of ketones is 2. The SMILES string of the molecule is CCc1ccc(C(=O)CN2CCC(=O)CC2)cc1. The van der Waals surface area contributed by atoms with Crippen molar-refractivity contribution in [3.8, 4) is 0 Å². The first kappa shape index (κ1) is 13.0. The van der Waals surface area contributed by atoms with Crippen molar-refractivity contribution in [2.45, 2.75) is 26.2 Å². The highest BCUT2D eigenvalue weighted by molar-refractivity contribution is 5.97. The van der Waals surface area contributed by atoms with Crippen LogP contribution in [0.25, 0.3) is 0 Å². The summed E-state index contributed by atoms with van der Waals surface area (Å²) in [7, 11) is 0. The fraction of sp³-hybridized carbons (Fsp3) is 0.467. The maximum absolute atomic E-state index is 12.1. The maximum atomic E-state index is 12.1. The molecule has 0 aliphatic carbocycles. The number of nitrogens with zero attached hydrogens (tertiary/aromatic N) is 1. The predicted octanol–water partition coefficient (Wildman–Crippen LogP) is 2.10. The molecule has 0 amide bonds. The second-order valence-electron chi connectivity index (χ2n) is 4.79. The lowest BCUT2D eigenvalue weighted by molar-refractivity contribution is -0.121. The molecule has 1 aromatic rings. The summed E-state index contributed by atoms with van der Waals surface area (Å²) in [6, 6.07) is 7.81. The van der Waals surface area contributed by atoms with Crippen molar-refractivity contribution < 1.29 is 9.59 Å². The smallest absolute Gasteiger partial charge is 0.176 e. The van der Waals surface area contributed by atoms with Crippen LogP contribution in [-0.2, 0) is 11.2 Å². The molecule has 3 nitrogen and oxygen atoms in total. The van der Waals surface area contributed by atoms with Gasteiger partial charge in [0.05, 0.1) is 6.54 Å². The molecule has 0 N–H and O–H groups in total. The highest BCUT2D eigenvalue weighted by Crippen LogP contribution is 2.09. The molecule has 0 bridgehead atoms. The van der Waals surface area contributed by atoms with Gasteiger partial charge in [-0.3, -0.25) is 14.5 Å². The molecule has 1 saturated heterocycles. The van der Waals surface area contributed by atoms with E-state index in [4.69, 9.17) is 0 Å². The van der Waals surface area contributed by atoms with Crippen LogP contribution in [0.2, 0.25) is 0 Å². The third-order valence-electron chi connectivity index (χ3n) is 3.47. The van der Waals surface area contributed by atoms with Gasteiger partial charge in [0.2, 0.25) is 0 Å². The minimum atomic E-state index is 0.145. The minimum absolute atomic E-state index is 0.145. The van der Waals surface area contributed by atoms with E-state index < -0.39 is 0 Å². The van der Waals surface area contributed by atoms with Gasteiger partial charge in [-0.05, 0) is 12.0 Å². The molecule has 3 heteroatoms. The quantitative estimate of drug-likeness (QED) is 0.762. The second-order valence-corrected chi connectivity index (χ2v) is 4.79. The van der Waals surface area contributed by atoms with Gasteiger partial charge in [-0.2, -0.15) is 0 Å². The number of carbonyl (C=O) groups excluding carboxylic acids is 2. The topological polar surface area (TPSA) is 37.4 Å². The Hall–Kier alpha value is -1.48. The monoisotopic (exact) mass is 245 g/mol. The van der Waals surface area contributed by atoms with E-state index in [-0.39, 0.29) is 5.78 Å². The molecular formula is C15H19NO2. The van der Waals surface area contributed by atoms with E-state index in [1.807, 2.05) is 24.3 Å². The molecule has 0 unspecified atom stereocenters. The van der Waals surface area contributed by atoms with Gasteiger partial charge >= 0.3 is 0 Å². The Balaban J connectivity index is 1.92.